The van der Waals surface area contributed by atoms with Gasteiger partial charge in [0.1, 0.15) is 16.8 Å². The number of carbonyl (C=O) groups is 1. The number of para-hydroxylation sites is 1. The standard InChI is InChI=1S/C24H20ClN3O2S/c25-17-10-11-20(30-13-12-26)16(14-17)15-27-24-22(19-8-4-5-9-21(19)31-24)23(29)28-18-6-2-1-3-7-18/h1-3,6-7,10-11,14-15H,4-5,8-9,13H2,(H,28,29). The lowest BCUT2D eigenvalue weighted by Crippen LogP contribution is -2.14. The van der Waals surface area contributed by atoms with Crippen molar-refractivity contribution in [2.75, 3.05) is 11.9 Å². The Balaban J connectivity index is 1.69. The zero-order chi connectivity index (χ0) is 21.6. The van der Waals surface area contributed by atoms with Crippen LogP contribution < -0.4 is 10.1 Å². The number of rotatable bonds is 6. The third-order valence-corrected chi connectivity index (χ3v) is 6.43. The molecular weight excluding hydrogens is 430 g/mol. The van der Waals surface area contributed by atoms with Crippen LogP contribution in [0.1, 0.15) is 39.2 Å². The Labute approximate surface area is 190 Å². The Bertz CT molecular complexity index is 1170. The van der Waals surface area contributed by atoms with Crippen LogP contribution in [0, 0.1) is 11.3 Å². The summed E-state index contributed by atoms with van der Waals surface area (Å²) in [6.45, 7) is -0.0689. The largest absolute Gasteiger partial charge is 0.478 e. The second-order valence-corrected chi connectivity index (χ2v) is 8.62. The van der Waals surface area contributed by atoms with Crippen molar-refractivity contribution in [3.05, 3.63) is 75.1 Å². The number of benzene rings is 2. The summed E-state index contributed by atoms with van der Waals surface area (Å²) >= 11 is 7.71. The molecule has 0 atom stereocenters. The molecule has 0 saturated carbocycles. The molecule has 156 valence electrons. The van der Waals surface area contributed by atoms with Gasteiger partial charge in [0.15, 0.2) is 6.61 Å². The number of thiophene rings is 1. The van der Waals surface area contributed by atoms with Crippen molar-refractivity contribution >= 4 is 45.7 Å². The summed E-state index contributed by atoms with van der Waals surface area (Å²) in [5.74, 6) is 0.371. The number of aliphatic imine (C=N–C) groups is 1. The van der Waals surface area contributed by atoms with Crippen molar-refractivity contribution in [2.24, 2.45) is 4.99 Å². The van der Waals surface area contributed by atoms with Gasteiger partial charge in [0, 0.05) is 27.4 Å². The van der Waals surface area contributed by atoms with Crippen LogP contribution in [0.15, 0.2) is 53.5 Å². The van der Waals surface area contributed by atoms with Gasteiger partial charge in [-0.15, -0.1) is 11.3 Å². The lowest BCUT2D eigenvalue weighted by Gasteiger charge is -2.12. The maximum Gasteiger partial charge on any atom is 0.259 e. The molecule has 1 heterocycles. The van der Waals surface area contributed by atoms with E-state index in [1.165, 1.54) is 4.88 Å². The highest BCUT2D eigenvalue weighted by molar-refractivity contribution is 7.16. The molecule has 0 unspecified atom stereocenters. The van der Waals surface area contributed by atoms with E-state index in [2.05, 4.69) is 10.3 Å². The number of hydrogen-bond acceptors (Lipinski definition) is 5. The molecule has 1 aliphatic rings. The molecule has 0 spiro atoms. The summed E-state index contributed by atoms with van der Waals surface area (Å²) < 4.78 is 5.48. The zero-order valence-electron chi connectivity index (χ0n) is 16.7. The Kier molecular flexibility index (Phi) is 6.66. The van der Waals surface area contributed by atoms with Crippen molar-refractivity contribution in [1.29, 1.82) is 5.26 Å². The van der Waals surface area contributed by atoms with Crippen molar-refractivity contribution < 1.29 is 9.53 Å². The van der Waals surface area contributed by atoms with Crippen LogP contribution in [0.5, 0.6) is 5.75 Å². The SMILES string of the molecule is N#CCOc1ccc(Cl)cc1C=Nc1sc2c(c1C(=O)Nc1ccccc1)CCCC2. The molecule has 0 radical (unpaired) electrons. The maximum atomic E-state index is 13.2. The van der Waals surface area contributed by atoms with E-state index >= 15 is 0 Å². The number of carbonyl (C=O) groups excluding carboxylic acids is 1. The van der Waals surface area contributed by atoms with Gasteiger partial charge in [0.2, 0.25) is 0 Å². The molecule has 1 N–H and O–H groups in total. The molecule has 3 aromatic rings. The highest BCUT2D eigenvalue weighted by Crippen LogP contribution is 2.40. The van der Waals surface area contributed by atoms with E-state index in [9.17, 15) is 4.79 Å². The van der Waals surface area contributed by atoms with E-state index in [0.29, 0.717) is 26.9 Å². The third-order valence-electron chi connectivity index (χ3n) is 5.00. The van der Waals surface area contributed by atoms with Gasteiger partial charge < -0.3 is 10.1 Å². The molecule has 1 aliphatic carbocycles. The smallest absolute Gasteiger partial charge is 0.259 e. The van der Waals surface area contributed by atoms with Crippen molar-refractivity contribution in [3.63, 3.8) is 0 Å². The predicted molar refractivity (Wildman–Crippen MR) is 125 cm³/mol. The number of amides is 1. The van der Waals surface area contributed by atoms with Crippen LogP contribution in [0.25, 0.3) is 0 Å². The van der Waals surface area contributed by atoms with Gasteiger partial charge in [-0.25, -0.2) is 4.99 Å². The minimum atomic E-state index is -0.148. The van der Waals surface area contributed by atoms with Crippen LogP contribution in [-0.4, -0.2) is 18.7 Å². The fourth-order valence-corrected chi connectivity index (χ4v) is 4.99. The van der Waals surface area contributed by atoms with Crippen LogP contribution in [-0.2, 0) is 12.8 Å². The van der Waals surface area contributed by atoms with Crippen molar-refractivity contribution in [3.8, 4) is 11.8 Å². The van der Waals surface area contributed by atoms with E-state index in [0.717, 1.165) is 36.9 Å². The zero-order valence-corrected chi connectivity index (χ0v) is 18.3. The first-order chi connectivity index (χ1) is 15.2. The molecule has 5 nitrogen and oxygen atoms in total. The van der Waals surface area contributed by atoms with Crippen molar-refractivity contribution in [1.82, 2.24) is 0 Å². The highest BCUT2D eigenvalue weighted by Gasteiger charge is 2.25. The number of hydrogen-bond donors (Lipinski definition) is 1. The van der Waals surface area contributed by atoms with Gasteiger partial charge in [0.05, 0.1) is 5.56 Å². The van der Waals surface area contributed by atoms with Gasteiger partial charge >= 0.3 is 0 Å². The van der Waals surface area contributed by atoms with Crippen molar-refractivity contribution in [2.45, 2.75) is 25.7 Å². The van der Waals surface area contributed by atoms with E-state index in [4.69, 9.17) is 21.6 Å². The predicted octanol–water partition coefficient (Wildman–Crippen LogP) is 6.19. The van der Waals surface area contributed by atoms with Gasteiger partial charge in [-0.3, -0.25) is 4.79 Å². The highest BCUT2D eigenvalue weighted by atomic mass is 35.5. The molecule has 0 bridgehead atoms. The van der Waals surface area contributed by atoms with E-state index < -0.39 is 0 Å². The molecule has 0 saturated heterocycles. The summed E-state index contributed by atoms with van der Waals surface area (Å²) in [7, 11) is 0. The second kappa shape index (κ2) is 9.78. The Morgan fingerprint density at radius 3 is 2.84 bits per heavy atom. The molecule has 7 heteroatoms. The van der Waals surface area contributed by atoms with Gasteiger partial charge in [-0.1, -0.05) is 29.8 Å². The number of anilines is 1. The average molecular weight is 450 g/mol. The summed E-state index contributed by atoms with van der Waals surface area (Å²) in [5.41, 5.74) is 3.15. The molecule has 1 amide bonds. The topological polar surface area (TPSA) is 74.5 Å². The normalized spacial score (nSPS) is 12.9. The monoisotopic (exact) mass is 449 g/mol. The van der Waals surface area contributed by atoms with E-state index in [1.54, 1.807) is 35.8 Å². The summed E-state index contributed by atoms with van der Waals surface area (Å²) in [5, 5.41) is 13.0. The van der Waals surface area contributed by atoms with Gasteiger partial charge in [0.25, 0.3) is 5.91 Å². The number of nitrogens with zero attached hydrogens (tertiary/aromatic N) is 2. The molecule has 0 aliphatic heterocycles. The van der Waals surface area contributed by atoms with Crippen LogP contribution in [0.2, 0.25) is 5.02 Å². The lowest BCUT2D eigenvalue weighted by atomic mass is 9.95. The summed E-state index contributed by atoms with van der Waals surface area (Å²) in [4.78, 5) is 19.1. The first-order valence-corrected chi connectivity index (χ1v) is 11.2. The molecular formula is C24H20ClN3O2S. The average Bonchev–Trinajstić information content (AvgIpc) is 3.16. The Morgan fingerprint density at radius 2 is 2.03 bits per heavy atom. The van der Waals surface area contributed by atoms with Crippen LogP contribution >= 0.6 is 22.9 Å². The van der Waals surface area contributed by atoms with Gasteiger partial charge in [-0.2, -0.15) is 5.26 Å². The number of halogens is 1. The van der Waals surface area contributed by atoms with Crippen LogP contribution in [0.3, 0.4) is 0 Å². The number of aryl methyl sites for hydroxylation is 1. The van der Waals surface area contributed by atoms with E-state index in [1.807, 2.05) is 36.4 Å². The fourth-order valence-electron chi connectivity index (χ4n) is 3.58. The number of fused-ring (bicyclic) bond motifs is 1. The van der Waals surface area contributed by atoms with Gasteiger partial charge in [-0.05, 0) is 61.6 Å². The Morgan fingerprint density at radius 1 is 1.23 bits per heavy atom. The quantitative estimate of drug-likeness (QED) is 0.456. The summed E-state index contributed by atoms with van der Waals surface area (Å²) in [6, 6.07) is 16.5. The lowest BCUT2D eigenvalue weighted by molar-refractivity contribution is 0.102. The van der Waals surface area contributed by atoms with Crippen LogP contribution in [0.4, 0.5) is 10.7 Å². The molecule has 0 fully saturated rings. The van der Waals surface area contributed by atoms with E-state index in [-0.39, 0.29) is 12.5 Å². The summed E-state index contributed by atoms with van der Waals surface area (Å²) in [6.07, 6.45) is 5.69. The first-order valence-electron chi connectivity index (χ1n) is 10.00. The first kappa shape index (κ1) is 21.1. The minimum Gasteiger partial charge on any atom is -0.478 e. The number of ether oxygens (including phenoxy) is 1. The number of nitrogens with one attached hydrogen (secondary N) is 1. The number of nitriles is 1. The molecule has 2 aromatic carbocycles. The fraction of sp³-hybridized carbons (Fsp3) is 0.208. The minimum absolute atomic E-state index is 0.0689. The Hall–Kier alpha value is -3.14. The third kappa shape index (κ3) is 4.96. The molecule has 4 rings (SSSR count). The maximum absolute atomic E-state index is 13.2. The second-order valence-electron chi connectivity index (χ2n) is 7.10. The molecule has 1 aromatic heterocycles. The molecule has 31 heavy (non-hydrogen) atoms.